The first-order chi connectivity index (χ1) is 14.0. The Labute approximate surface area is 169 Å². The summed E-state index contributed by atoms with van der Waals surface area (Å²) in [6.45, 7) is 7.29. The molecule has 1 amide bonds. The van der Waals surface area contributed by atoms with E-state index in [-0.39, 0.29) is 17.9 Å². The van der Waals surface area contributed by atoms with Gasteiger partial charge in [0.15, 0.2) is 11.5 Å². The topological polar surface area (TPSA) is 97.3 Å². The van der Waals surface area contributed by atoms with Gasteiger partial charge < -0.3 is 19.2 Å². The summed E-state index contributed by atoms with van der Waals surface area (Å²) in [7, 11) is 0. The van der Waals surface area contributed by atoms with Crippen molar-refractivity contribution in [3.63, 3.8) is 0 Å². The van der Waals surface area contributed by atoms with E-state index < -0.39 is 0 Å². The molecule has 1 aliphatic rings. The van der Waals surface area contributed by atoms with Crippen LogP contribution in [0.25, 0.3) is 11.3 Å². The highest BCUT2D eigenvalue weighted by Gasteiger charge is 2.29. The summed E-state index contributed by atoms with van der Waals surface area (Å²) in [4.78, 5) is 23.6. The Morgan fingerprint density at radius 3 is 2.72 bits per heavy atom. The van der Waals surface area contributed by atoms with Crippen LogP contribution in [0.4, 0.5) is 5.95 Å². The molecule has 3 aromatic rings. The van der Waals surface area contributed by atoms with Crippen molar-refractivity contribution in [1.82, 2.24) is 20.0 Å². The molecule has 0 bridgehead atoms. The highest BCUT2D eigenvalue weighted by Crippen LogP contribution is 2.35. The minimum atomic E-state index is -0.0654. The first-order valence-electron chi connectivity index (χ1n) is 9.91. The van der Waals surface area contributed by atoms with E-state index in [9.17, 15) is 4.79 Å². The number of furan rings is 1. The predicted molar refractivity (Wildman–Crippen MR) is 108 cm³/mol. The Kier molecular flexibility index (Phi) is 5.33. The average molecular weight is 395 g/mol. The van der Waals surface area contributed by atoms with Crippen LogP contribution in [0.5, 0.6) is 0 Å². The van der Waals surface area contributed by atoms with Gasteiger partial charge in [-0.1, -0.05) is 5.16 Å². The van der Waals surface area contributed by atoms with Crippen molar-refractivity contribution in [3.8, 4) is 11.3 Å². The third-order valence-corrected chi connectivity index (χ3v) is 5.03. The maximum Gasteiger partial charge on any atom is 0.289 e. The molecular weight excluding hydrogens is 370 g/mol. The van der Waals surface area contributed by atoms with Crippen molar-refractivity contribution in [2.45, 2.75) is 45.6 Å². The molecule has 1 aliphatic heterocycles. The Bertz CT molecular complexity index is 972. The van der Waals surface area contributed by atoms with Gasteiger partial charge in [0.1, 0.15) is 0 Å². The summed E-state index contributed by atoms with van der Waals surface area (Å²) in [5, 5.41) is 7.27. The van der Waals surface area contributed by atoms with Crippen molar-refractivity contribution in [3.05, 3.63) is 47.8 Å². The molecule has 3 aromatic heterocycles. The number of aromatic nitrogens is 3. The lowest BCUT2D eigenvalue weighted by Crippen LogP contribution is -2.38. The molecule has 1 fully saturated rings. The zero-order valence-corrected chi connectivity index (χ0v) is 16.9. The zero-order valence-electron chi connectivity index (χ0n) is 16.9. The van der Waals surface area contributed by atoms with E-state index in [4.69, 9.17) is 13.9 Å². The van der Waals surface area contributed by atoms with E-state index in [0.717, 1.165) is 29.8 Å². The standard InChI is InChI=1S/C21H25N5O3/c1-13(2)23-21-22-12-16(18-11-14(3)25-29-18)19(24-21)15-6-8-26(9-7-15)20(27)17-5-4-10-28-17/h4-5,10-13,15H,6-9H2,1-3H3,(H,22,23,24). The summed E-state index contributed by atoms with van der Waals surface area (Å²) in [6.07, 6.45) is 4.94. The highest BCUT2D eigenvalue weighted by atomic mass is 16.5. The summed E-state index contributed by atoms with van der Waals surface area (Å²) in [5.74, 6) is 1.79. The number of aryl methyl sites for hydroxylation is 1. The predicted octanol–water partition coefficient (Wildman–Crippen LogP) is 3.87. The number of likely N-dealkylation sites (tertiary alicyclic amines) is 1. The molecule has 1 N–H and O–H groups in total. The second-order valence-corrected chi connectivity index (χ2v) is 7.67. The van der Waals surface area contributed by atoms with E-state index in [1.165, 1.54) is 6.26 Å². The number of nitrogens with one attached hydrogen (secondary N) is 1. The van der Waals surface area contributed by atoms with Gasteiger partial charge in [-0.25, -0.2) is 9.97 Å². The van der Waals surface area contributed by atoms with Gasteiger partial charge in [0.25, 0.3) is 5.91 Å². The summed E-state index contributed by atoms with van der Waals surface area (Å²) in [5.41, 5.74) is 2.61. The molecule has 152 valence electrons. The molecule has 4 rings (SSSR count). The van der Waals surface area contributed by atoms with Gasteiger partial charge in [-0.15, -0.1) is 0 Å². The lowest BCUT2D eigenvalue weighted by Gasteiger charge is -2.31. The minimum absolute atomic E-state index is 0.0654. The number of carbonyl (C=O) groups excluding carboxylic acids is 1. The van der Waals surface area contributed by atoms with Gasteiger partial charge in [0.2, 0.25) is 5.95 Å². The van der Waals surface area contributed by atoms with Crippen LogP contribution in [0.15, 0.2) is 39.6 Å². The smallest absolute Gasteiger partial charge is 0.289 e. The highest BCUT2D eigenvalue weighted by molar-refractivity contribution is 5.91. The Balaban J connectivity index is 1.57. The first-order valence-corrected chi connectivity index (χ1v) is 9.91. The van der Waals surface area contributed by atoms with Crippen LogP contribution in [0.2, 0.25) is 0 Å². The van der Waals surface area contributed by atoms with Crippen LogP contribution >= 0.6 is 0 Å². The number of piperidine rings is 1. The van der Waals surface area contributed by atoms with E-state index >= 15 is 0 Å². The maximum absolute atomic E-state index is 12.5. The van der Waals surface area contributed by atoms with Crippen LogP contribution in [0, 0.1) is 6.92 Å². The average Bonchev–Trinajstić information content (AvgIpc) is 3.39. The second-order valence-electron chi connectivity index (χ2n) is 7.67. The second kappa shape index (κ2) is 8.06. The molecule has 4 heterocycles. The molecule has 0 aliphatic carbocycles. The van der Waals surface area contributed by atoms with Gasteiger partial charge in [0, 0.05) is 37.3 Å². The summed E-state index contributed by atoms with van der Waals surface area (Å²) >= 11 is 0. The van der Waals surface area contributed by atoms with Gasteiger partial charge in [-0.2, -0.15) is 0 Å². The van der Waals surface area contributed by atoms with Crippen LogP contribution in [0.1, 0.15) is 54.5 Å². The molecule has 8 nitrogen and oxygen atoms in total. The number of nitrogens with zero attached hydrogens (tertiary/aromatic N) is 4. The first kappa shape index (κ1) is 19.2. The van der Waals surface area contributed by atoms with Crippen molar-refractivity contribution in [2.24, 2.45) is 0 Å². The summed E-state index contributed by atoms with van der Waals surface area (Å²) < 4.78 is 10.7. The quantitative estimate of drug-likeness (QED) is 0.700. The van der Waals surface area contributed by atoms with Crippen molar-refractivity contribution < 1.29 is 13.7 Å². The number of anilines is 1. The largest absolute Gasteiger partial charge is 0.459 e. The number of carbonyl (C=O) groups is 1. The van der Waals surface area contributed by atoms with E-state index in [2.05, 4.69) is 29.3 Å². The molecular formula is C21H25N5O3. The Morgan fingerprint density at radius 1 is 1.31 bits per heavy atom. The molecule has 29 heavy (non-hydrogen) atoms. The van der Waals surface area contributed by atoms with E-state index in [1.807, 2.05) is 17.9 Å². The normalized spacial score (nSPS) is 15.1. The number of rotatable bonds is 5. The monoisotopic (exact) mass is 395 g/mol. The fourth-order valence-electron chi connectivity index (χ4n) is 3.63. The van der Waals surface area contributed by atoms with Crippen LogP contribution in [0.3, 0.4) is 0 Å². The molecule has 1 saturated heterocycles. The van der Waals surface area contributed by atoms with Crippen LogP contribution in [-0.2, 0) is 0 Å². The maximum atomic E-state index is 12.5. The van der Waals surface area contributed by atoms with Gasteiger partial charge >= 0.3 is 0 Å². The number of amides is 1. The molecule has 0 unspecified atom stereocenters. The van der Waals surface area contributed by atoms with Crippen molar-refractivity contribution >= 4 is 11.9 Å². The van der Waals surface area contributed by atoms with Crippen molar-refractivity contribution in [1.29, 1.82) is 0 Å². The molecule has 0 atom stereocenters. The Morgan fingerprint density at radius 2 is 2.10 bits per heavy atom. The van der Waals surface area contributed by atoms with Crippen molar-refractivity contribution in [2.75, 3.05) is 18.4 Å². The van der Waals surface area contributed by atoms with Gasteiger partial charge in [0.05, 0.1) is 23.2 Å². The fourth-order valence-corrected chi connectivity index (χ4v) is 3.63. The van der Waals surface area contributed by atoms with Gasteiger partial charge in [-0.05, 0) is 45.7 Å². The number of hydrogen-bond acceptors (Lipinski definition) is 7. The molecule has 8 heteroatoms. The fraction of sp³-hybridized carbons (Fsp3) is 0.429. The van der Waals surface area contributed by atoms with Crippen LogP contribution in [-0.4, -0.2) is 45.1 Å². The molecule has 0 saturated carbocycles. The van der Waals surface area contributed by atoms with Gasteiger partial charge in [-0.3, -0.25) is 4.79 Å². The molecule has 0 aromatic carbocycles. The van der Waals surface area contributed by atoms with Crippen LogP contribution < -0.4 is 5.32 Å². The Hall–Kier alpha value is -3.16. The number of hydrogen-bond donors (Lipinski definition) is 1. The van der Waals surface area contributed by atoms with E-state index in [1.54, 1.807) is 18.3 Å². The molecule has 0 radical (unpaired) electrons. The van der Waals surface area contributed by atoms with E-state index in [0.29, 0.717) is 30.6 Å². The third-order valence-electron chi connectivity index (χ3n) is 5.03. The minimum Gasteiger partial charge on any atom is -0.459 e. The zero-order chi connectivity index (χ0) is 20.4. The SMILES string of the molecule is Cc1cc(-c2cnc(NC(C)C)nc2C2CCN(C(=O)c3ccco3)CC2)on1. The lowest BCUT2D eigenvalue weighted by molar-refractivity contribution is 0.0680. The third kappa shape index (κ3) is 4.16. The lowest BCUT2D eigenvalue weighted by atomic mass is 9.90. The molecule has 0 spiro atoms. The summed E-state index contributed by atoms with van der Waals surface area (Å²) in [6, 6.07) is 5.56.